The van der Waals surface area contributed by atoms with E-state index in [-0.39, 0.29) is 5.78 Å². The van der Waals surface area contributed by atoms with Crippen molar-refractivity contribution in [3.63, 3.8) is 0 Å². The first-order valence-corrected chi connectivity index (χ1v) is 5.66. The molecule has 0 saturated carbocycles. The van der Waals surface area contributed by atoms with Crippen LogP contribution < -0.4 is 4.74 Å². The first kappa shape index (κ1) is 12.7. The molecule has 82 valence electrons. The summed E-state index contributed by atoms with van der Waals surface area (Å²) in [6, 6.07) is 3.06. The SMILES string of the molecule is COc1cc(Cl)c(C(=O)CCS)cc1Cl. The summed E-state index contributed by atoms with van der Waals surface area (Å²) in [5, 5.41) is 0.729. The number of carbonyl (C=O) groups is 1. The highest BCUT2D eigenvalue weighted by molar-refractivity contribution is 7.80. The highest BCUT2D eigenvalue weighted by Crippen LogP contribution is 2.31. The Bertz CT molecular complexity index is 380. The second-order valence-corrected chi connectivity index (χ2v) is 4.12. The van der Waals surface area contributed by atoms with Gasteiger partial charge in [-0.05, 0) is 11.8 Å². The molecule has 0 N–H and O–H groups in total. The van der Waals surface area contributed by atoms with Crippen LogP contribution in [0.1, 0.15) is 16.8 Å². The molecule has 15 heavy (non-hydrogen) atoms. The Morgan fingerprint density at radius 1 is 1.40 bits per heavy atom. The Morgan fingerprint density at radius 2 is 2.07 bits per heavy atom. The maximum absolute atomic E-state index is 11.6. The molecule has 0 aliphatic heterocycles. The van der Waals surface area contributed by atoms with Gasteiger partial charge < -0.3 is 4.74 Å². The molecule has 0 aromatic heterocycles. The van der Waals surface area contributed by atoms with Gasteiger partial charge in [0, 0.05) is 18.1 Å². The smallest absolute Gasteiger partial charge is 0.165 e. The van der Waals surface area contributed by atoms with E-state index in [1.54, 1.807) is 0 Å². The zero-order chi connectivity index (χ0) is 11.4. The van der Waals surface area contributed by atoms with Gasteiger partial charge >= 0.3 is 0 Å². The molecular formula is C10H10Cl2O2S. The molecule has 0 heterocycles. The highest BCUT2D eigenvalue weighted by Gasteiger charge is 2.13. The summed E-state index contributed by atoms with van der Waals surface area (Å²) < 4.78 is 4.98. The van der Waals surface area contributed by atoms with Crippen molar-refractivity contribution in [3.8, 4) is 5.75 Å². The number of Topliss-reactive ketones (excluding diaryl/α,β-unsaturated/α-hetero) is 1. The van der Waals surface area contributed by atoms with Crippen LogP contribution in [0.5, 0.6) is 5.75 Å². The van der Waals surface area contributed by atoms with Crippen LogP contribution in [0, 0.1) is 0 Å². The van der Waals surface area contributed by atoms with Crippen LogP contribution >= 0.6 is 35.8 Å². The second kappa shape index (κ2) is 5.64. The zero-order valence-electron chi connectivity index (χ0n) is 8.09. The van der Waals surface area contributed by atoms with Gasteiger partial charge in [-0.15, -0.1) is 0 Å². The summed E-state index contributed by atoms with van der Waals surface area (Å²) >= 11 is 15.8. The summed E-state index contributed by atoms with van der Waals surface area (Å²) in [6.45, 7) is 0. The Hall–Kier alpha value is -0.380. The normalized spacial score (nSPS) is 10.1. The van der Waals surface area contributed by atoms with E-state index in [4.69, 9.17) is 27.9 Å². The minimum absolute atomic E-state index is 0.0699. The molecule has 2 nitrogen and oxygen atoms in total. The van der Waals surface area contributed by atoms with Gasteiger partial charge in [-0.3, -0.25) is 4.79 Å². The van der Waals surface area contributed by atoms with Crippen LogP contribution in [0.15, 0.2) is 12.1 Å². The highest BCUT2D eigenvalue weighted by atomic mass is 35.5. The molecule has 1 aromatic carbocycles. The molecule has 0 aliphatic rings. The van der Waals surface area contributed by atoms with Crippen LogP contribution in [0.2, 0.25) is 10.0 Å². The third-order valence-corrected chi connectivity index (χ3v) is 2.71. The maximum atomic E-state index is 11.6. The van der Waals surface area contributed by atoms with Crippen molar-refractivity contribution in [2.24, 2.45) is 0 Å². The average molecular weight is 265 g/mol. The minimum Gasteiger partial charge on any atom is -0.495 e. The predicted molar refractivity (Wildman–Crippen MR) is 65.8 cm³/mol. The van der Waals surface area contributed by atoms with Gasteiger partial charge in [0.2, 0.25) is 0 Å². The Kier molecular flexibility index (Phi) is 4.77. The molecule has 0 radical (unpaired) electrons. The first-order valence-electron chi connectivity index (χ1n) is 4.27. The van der Waals surface area contributed by atoms with Gasteiger partial charge in [-0.1, -0.05) is 23.2 Å². The van der Waals surface area contributed by atoms with Gasteiger partial charge in [0.25, 0.3) is 0 Å². The predicted octanol–water partition coefficient (Wildman–Crippen LogP) is 3.50. The van der Waals surface area contributed by atoms with E-state index in [0.717, 1.165) is 0 Å². The second-order valence-electron chi connectivity index (χ2n) is 2.86. The Labute approximate surface area is 104 Å². The van der Waals surface area contributed by atoms with E-state index in [2.05, 4.69) is 12.6 Å². The van der Waals surface area contributed by atoms with E-state index in [1.165, 1.54) is 19.2 Å². The standard InChI is InChI=1S/C10H10Cl2O2S/c1-14-10-5-7(11)6(4-8(10)12)9(13)2-3-15/h4-5,15H,2-3H2,1H3. The van der Waals surface area contributed by atoms with E-state index >= 15 is 0 Å². The number of hydrogen-bond acceptors (Lipinski definition) is 3. The maximum Gasteiger partial charge on any atom is 0.165 e. The number of carbonyl (C=O) groups excluding carboxylic acids is 1. The minimum atomic E-state index is -0.0699. The number of benzene rings is 1. The summed E-state index contributed by atoms with van der Waals surface area (Å²) in [5.74, 6) is 0.877. The first-order chi connectivity index (χ1) is 7.10. The van der Waals surface area contributed by atoms with E-state index in [1.807, 2.05) is 0 Å². The average Bonchev–Trinajstić information content (AvgIpc) is 2.21. The third-order valence-electron chi connectivity index (χ3n) is 1.88. The molecule has 0 aliphatic carbocycles. The van der Waals surface area contributed by atoms with Crippen LogP contribution in [-0.2, 0) is 0 Å². The fourth-order valence-electron chi connectivity index (χ4n) is 1.13. The Morgan fingerprint density at radius 3 is 2.60 bits per heavy atom. The molecule has 0 unspecified atom stereocenters. The van der Waals surface area contributed by atoms with E-state index < -0.39 is 0 Å². The van der Waals surface area contributed by atoms with Crippen molar-refractivity contribution in [3.05, 3.63) is 27.7 Å². The Balaban J connectivity index is 3.10. The molecule has 0 bridgehead atoms. The fraction of sp³-hybridized carbons (Fsp3) is 0.300. The molecule has 1 aromatic rings. The number of rotatable bonds is 4. The number of ketones is 1. The molecule has 1 rings (SSSR count). The van der Waals surface area contributed by atoms with Crippen molar-refractivity contribution >= 4 is 41.6 Å². The molecule has 0 saturated heterocycles. The monoisotopic (exact) mass is 264 g/mol. The van der Waals surface area contributed by atoms with Crippen molar-refractivity contribution in [1.82, 2.24) is 0 Å². The largest absolute Gasteiger partial charge is 0.495 e. The molecule has 0 atom stereocenters. The van der Waals surface area contributed by atoms with Crippen molar-refractivity contribution in [2.75, 3.05) is 12.9 Å². The van der Waals surface area contributed by atoms with Crippen molar-refractivity contribution in [1.29, 1.82) is 0 Å². The summed E-state index contributed by atoms with van der Waals surface area (Å²) in [6.07, 6.45) is 0.339. The van der Waals surface area contributed by atoms with E-state index in [0.29, 0.717) is 33.5 Å². The van der Waals surface area contributed by atoms with E-state index in [9.17, 15) is 4.79 Å². The lowest BCUT2D eigenvalue weighted by Crippen LogP contribution is -2.01. The molecule has 0 fully saturated rings. The zero-order valence-corrected chi connectivity index (χ0v) is 10.5. The summed E-state index contributed by atoms with van der Waals surface area (Å²) in [4.78, 5) is 11.6. The topological polar surface area (TPSA) is 26.3 Å². The number of hydrogen-bond donors (Lipinski definition) is 1. The van der Waals surface area contributed by atoms with Crippen LogP contribution in [0.3, 0.4) is 0 Å². The summed E-state index contributed by atoms with van der Waals surface area (Å²) in [7, 11) is 1.49. The van der Waals surface area contributed by atoms with Gasteiger partial charge in [0.1, 0.15) is 5.75 Å². The third kappa shape index (κ3) is 3.03. The lowest BCUT2D eigenvalue weighted by molar-refractivity contribution is 0.0990. The molecule has 0 amide bonds. The van der Waals surface area contributed by atoms with Crippen LogP contribution in [0.25, 0.3) is 0 Å². The van der Waals surface area contributed by atoms with Crippen molar-refractivity contribution < 1.29 is 9.53 Å². The number of thiol groups is 1. The summed E-state index contributed by atoms with van der Waals surface area (Å²) in [5.41, 5.74) is 0.413. The van der Waals surface area contributed by atoms with Gasteiger partial charge in [0.05, 0.1) is 17.2 Å². The van der Waals surface area contributed by atoms with Crippen LogP contribution in [-0.4, -0.2) is 18.6 Å². The van der Waals surface area contributed by atoms with Gasteiger partial charge in [-0.2, -0.15) is 12.6 Å². The van der Waals surface area contributed by atoms with Gasteiger partial charge in [-0.25, -0.2) is 0 Å². The number of halogens is 2. The fourth-order valence-corrected chi connectivity index (χ4v) is 1.84. The molecule has 0 spiro atoms. The van der Waals surface area contributed by atoms with Crippen LogP contribution in [0.4, 0.5) is 0 Å². The lowest BCUT2D eigenvalue weighted by atomic mass is 10.1. The molecule has 5 heteroatoms. The van der Waals surface area contributed by atoms with Crippen molar-refractivity contribution in [2.45, 2.75) is 6.42 Å². The van der Waals surface area contributed by atoms with Gasteiger partial charge in [0.15, 0.2) is 5.78 Å². The number of ether oxygens (including phenoxy) is 1. The lowest BCUT2D eigenvalue weighted by Gasteiger charge is -2.07. The quantitative estimate of drug-likeness (QED) is 0.666. The number of methoxy groups -OCH3 is 1. The molecular weight excluding hydrogens is 255 g/mol.